The maximum absolute atomic E-state index is 13.1. The van der Waals surface area contributed by atoms with Crippen LogP contribution in [0.15, 0.2) is 47.6 Å². The molecule has 0 aliphatic carbocycles. The minimum Gasteiger partial charge on any atom is -0.497 e. The van der Waals surface area contributed by atoms with Crippen LogP contribution in [0, 0.1) is 5.82 Å². The number of ether oxygens (including phenoxy) is 2. The lowest BCUT2D eigenvalue weighted by Gasteiger charge is -2.07. The van der Waals surface area contributed by atoms with Gasteiger partial charge in [0, 0.05) is 11.1 Å². The normalized spacial score (nSPS) is 10.4. The van der Waals surface area contributed by atoms with Crippen molar-refractivity contribution in [2.75, 3.05) is 20.8 Å². The summed E-state index contributed by atoms with van der Waals surface area (Å²) in [4.78, 5) is 23.6. The fourth-order valence-corrected chi connectivity index (χ4v) is 2.05. The number of amides is 2. The Morgan fingerprint density at radius 3 is 2.65 bits per heavy atom. The van der Waals surface area contributed by atoms with Gasteiger partial charge in [-0.3, -0.25) is 9.59 Å². The van der Waals surface area contributed by atoms with Crippen LogP contribution in [0.3, 0.4) is 0 Å². The maximum atomic E-state index is 13.1. The topological polar surface area (TPSA) is 89.0 Å². The number of rotatable bonds is 7. The summed E-state index contributed by atoms with van der Waals surface area (Å²) in [5.41, 5.74) is 3.02. The lowest BCUT2D eigenvalue weighted by molar-refractivity contribution is -0.120. The number of hydrazone groups is 1. The molecule has 0 saturated heterocycles. The molecule has 0 fully saturated rings. The van der Waals surface area contributed by atoms with Crippen molar-refractivity contribution in [2.24, 2.45) is 5.10 Å². The Hall–Kier alpha value is -3.42. The van der Waals surface area contributed by atoms with Crippen LogP contribution in [0.25, 0.3) is 0 Å². The molecular formula is C18H18FN3O4. The predicted octanol–water partition coefficient (Wildman–Crippen LogP) is 1.72. The summed E-state index contributed by atoms with van der Waals surface area (Å²) in [6.07, 6.45) is 1.40. The lowest BCUT2D eigenvalue weighted by atomic mass is 10.2. The van der Waals surface area contributed by atoms with E-state index in [0.717, 1.165) is 6.07 Å². The van der Waals surface area contributed by atoms with E-state index in [1.54, 1.807) is 18.2 Å². The number of nitrogens with zero attached hydrogens (tertiary/aromatic N) is 1. The van der Waals surface area contributed by atoms with Gasteiger partial charge in [0.1, 0.15) is 17.3 Å². The highest BCUT2D eigenvalue weighted by molar-refractivity contribution is 5.96. The minimum absolute atomic E-state index is 0.127. The highest BCUT2D eigenvalue weighted by Crippen LogP contribution is 2.22. The van der Waals surface area contributed by atoms with E-state index >= 15 is 0 Å². The smallest absolute Gasteiger partial charge is 0.259 e. The number of methoxy groups -OCH3 is 2. The van der Waals surface area contributed by atoms with Crippen LogP contribution in [0.1, 0.15) is 15.9 Å². The number of halogens is 1. The monoisotopic (exact) mass is 359 g/mol. The summed E-state index contributed by atoms with van der Waals surface area (Å²) in [5, 5.41) is 6.20. The number of nitrogens with one attached hydrogen (secondary N) is 2. The second kappa shape index (κ2) is 9.16. The van der Waals surface area contributed by atoms with Crippen LogP contribution in [-0.4, -0.2) is 38.8 Å². The van der Waals surface area contributed by atoms with Crippen LogP contribution < -0.4 is 20.2 Å². The van der Waals surface area contributed by atoms with Gasteiger partial charge in [0.15, 0.2) is 0 Å². The molecule has 8 heteroatoms. The van der Waals surface area contributed by atoms with Gasteiger partial charge in [-0.05, 0) is 36.4 Å². The van der Waals surface area contributed by atoms with Crippen molar-refractivity contribution in [1.82, 2.24) is 10.7 Å². The molecule has 0 unspecified atom stereocenters. The summed E-state index contributed by atoms with van der Waals surface area (Å²) in [6.45, 7) is -0.304. The number of carbonyl (C=O) groups is 2. The second-order valence-electron chi connectivity index (χ2n) is 5.09. The van der Waals surface area contributed by atoms with E-state index in [0.29, 0.717) is 17.1 Å². The molecule has 0 bridgehead atoms. The third-order valence-electron chi connectivity index (χ3n) is 3.33. The van der Waals surface area contributed by atoms with Crippen molar-refractivity contribution in [3.05, 3.63) is 59.4 Å². The Labute approximate surface area is 149 Å². The van der Waals surface area contributed by atoms with Gasteiger partial charge in [-0.25, -0.2) is 9.82 Å². The summed E-state index contributed by atoms with van der Waals surface area (Å²) < 4.78 is 23.4. The highest BCUT2D eigenvalue weighted by atomic mass is 19.1. The largest absolute Gasteiger partial charge is 0.497 e. The van der Waals surface area contributed by atoms with Gasteiger partial charge < -0.3 is 14.8 Å². The summed E-state index contributed by atoms with van der Waals surface area (Å²) in [6, 6.07) is 10.3. The lowest BCUT2D eigenvalue weighted by Crippen LogP contribution is -2.34. The third-order valence-corrected chi connectivity index (χ3v) is 3.33. The van der Waals surface area contributed by atoms with E-state index in [2.05, 4.69) is 15.8 Å². The molecule has 7 nitrogen and oxygen atoms in total. The average molecular weight is 359 g/mol. The SMILES string of the molecule is COc1ccc(OC)c(/C=N/NC(=O)CNC(=O)c2cccc(F)c2)c1. The first kappa shape index (κ1) is 18.9. The van der Waals surface area contributed by atoms with Crippen molar-refractivity contribution in [3.63, 3.8) is 0 Å². The van der Waals surface area contributed by atoms with Crippen molar-refractivity contribution < 1.29 is 23.5 Å². The van der Waals surface area contributed by atoms with Gasteiger partial charge in [0.2, 0.25) is 0 Å². The molecule has 2 aromatic carbocycles. The first-order chi connectivity index (χ1) is 12.5. The van der Waals surface area contributed by atoms with E-state index in [4.69, 9.17) is 9.47 Å². The van der Waals surface area contributed by atoms with Crippen molar-refractivity contribution in [3.8, 4) is 11.5 Å². The Balaban J connectivity index is 1.88. The Bertz CT molecular complexity index is 824. The molecule has 0 aliphatic heterocycles. The van der Waals surface area contributed by atoms with E-state index < -0.39 is 17.6 Å². The van der Waals surface area contributed by atoms with Crippen molar-refractivity contribution in [2.45, 2.75) is 0 Å². The fourth-order valence-electron chi connectivity index (χ4n) is 2.05. The van der Waals surface area contributed by atoms with Gasteiger partial charge in [0.25, 0.3) is 11.8 Å². The van der Waals surface area contributed by atoms with Crippen molar-refractivity contribution in [1.29, 1.82) is 0 Å². The molecule has 0 radical (unpaired) electrons. The molecule has 2 aromatic rings. The fraction of sp³-hybridized carbons (Fsp3) is 0.167. The molecule has 2 N–H and O–H groups in total. The molecule has 0 aromatic heterocycles. The van der Waals surface area contributed by atoms with Gasteiger partial charge in [0.05, 0.1) is 27.0 Å². The van der Waals surface area contributed by atoms with Gasteiger partial charge in [-0.15, -0.1) is 0 Å². The first-order valence-corrected chi connectivity index (χ1v) is 7.61. The van der Waals surface area contributed by atoms with Gasteiger partial charge in [-0.1, -0.05) is 6.07 Å². The van der Waals surface area contributed by atoms with E-state index in [-0.39, 0.29) is 12.1 Å². The van der Waals surface area contributed by atoms with Crippen LogP contribution in [0.4, 0.5) is 4.39 Å². The van der Waals surface area contributed by atoms with E-state index in [1.807, 2.05) is 0 Å². The first-order valence-electron chi connectivity index (χ1n) is 7.61. The van der Waals surface area contributed by atoms with Crippen LogP contribution in [0.2, 0.25) is 0 Å². The van der Waals surface area contributed by atoms with Gasteiger partial charge >= 0.3 is 0 Å². The van der Waals surface area contributed by atoms with Crippen LogP contribution >= 0.6 is 0 Å². The molecule has 0 heterocycles. The molecule has 2 rings (SSSR count). The number of hydrogen-bond acceptors (Lipinski definition) is 5. The molecule has 0 spiro atoms. The summed E-state index contributed by atoms with van der Waals surface area (Å²) in [7, 11) is 3.05. The number of carbonyl (C=O) groups excluding carboxylic acids is 2. The zero-order valence-corrected chi connectivity index (χ0v) is 14.3. The van der Waals surface area contributed by atoms with Gasteiger partial charge in [-0.2, -0.15) is 5.10 Å². The molecule has 0 saturated carbocycles. The Morgan fingerprint density at radius 2 is 1.96 bits per heavy atom. The Morgan fingerprint density at radius 1 is 1.15 bits per heavy atom. The molecule has 136 valence electrons. The van der Waals surface area contributed by atoms with Crippen molar-refractivity contribution >= 4 is 18.0 Å². The van der Waals surface area contributed by atoms with Crippen LogP contribution in [-0.2, 0) is 4.79 Å². The Kier molecular flexibility index (Phi) is 6.67. The molecule has 0 atom stereocenters. The maximum Gasteiger partial charge on any atom is 0.259 e. The molecule has 26 heavy (non-hydrogen) atoms. The zero-order valence-electron chi connectivity index (χ0n) is 14.3. The van der Waals surface area contributed by atoms with E-state index in [1.165, 1.54) is 38.6 Å². The standard InChI is InChI=1S/C18H18FN3O4/c1-25-15-6-7-16(26-2)13(9-15)10-21-22-17(23)11-20-18(24)12-4-3-5-14(19)8-12/h3-10H,11H2,1-2H3,(H,20,24)(H,22,23)/b21-10+. The number of benzene rings is 2. The number of hydrogen-bond donors (Lipinski definition) is 2. The van der Waals surface area contributed by atoms with E-state index in [9.17, 15) is 14.0 Å². The molecule has 0 aliphatic rings. The summed E-state index contributed by atoms with van der Waals surface area (Å²) >= 11 is 0. The highest BCUT2D eigenvalue weighted by Gasteiger charge is 2.08. The zero-order chi connectivity index (χ0) is 18.9. The quantitative estimate of drug-likeness (QED) is 0.582. The molecule has 2 amide bonds. The van der Waals surface area contributed by atoms with Crippen LogP contribution in [0.5, 0.6) is 11.5 Å². The molecular weight excluding hydrogens is 341 g/mol. The average Bonchev–Trinajstić information content (AvgIpc) is 2.66. The minimum atomic E-state index is -0.557. The summed E-state index contributed by atoms with van der Waals surface area (Å²) in [5.74, 6) is -0.450. The second-order valence-corrected chi connectivity index (χ2v) is 5.09. The predicted molar refractivity (Wildman–Crippen MR) is 94.0 cm³/mol. The third kappa shape index (κ3) is 5.30.